The Labute approximate surface area is 157 Å². The van der Waals surface area contributed by atoms with Crippen LogP contribution in [0.2, 0.25) is 5.02 Å². The van der Waals surface area contributed by atoms with E-state index < -0.39 is 0 Å². The van der Waals surface area contributed by atoms with E-state index in [0.29, 0.717) is 22.9 Å². The van der Waals surface area contributed by atoms with E-state index in [0.717, 1.165) is 48.5 Å². The van der Waals surface area contributed by atoms with Gasteiger partial charge in [-0.05, 0) is 54.7 Å². The van der Waals surface area contributed by atoms with Crippen LogP contribution in [0.25, 0.3) is 22.6 Å². The van der Waals surface area contributed by atoms with Crippen molar-refractivity contribution in [1.29, 1.82) is 0 Å². The first-order valence-electron chi connectivity index (χ1n) is 9.01. The maximum atomic E-state index is 12.6. The molecule has 134 valence electrons. The number of oxazole rings is 1. The van der Waals surface area contributed by atoms with Crippen LogP contribution in [0.15, 0.2) is 46.9 Å². The smallest absolute Gasteiger partial charge is 0.227 e. The van der Waals surface area contributed by atoms with Crippen molar-refractivity contribution < 1.29 is 9.21 Å². The lowest BCUT2D eigenvalue weighted by molar-refractivity contribution is -0.131. The molecule has 0 unspecified atom stereocenters. The molecule has 26 heavy (non-hydrogen) atoms. The molecule has 0 atom stereocenters. The molecule has 0 N–H and O–H groups in total. The van der Waals surface area contributed by atoms with E-state index in [1.807, 2.05) is 35.2 Å². The zero-order valence-electron chi connectivity index (χ0n) is 14.7. The SMILES string of the molecule is CC1CCN(C(=O)Cc2cccc(-c3nc4cc(Cl)ccc4o3)c2)CC1. The first kappa shape index (κ1) is 17.1. The largest absolute Gasteiger partial charge is 0.436 e. The minimum absolute atomic E-state index is 0.193. The number of rotatable bonds is 3. The second kappa shape index (κ2) is 7.12. The molecule has 5 heteroatoms. The number of benzene rings is 2. The van der Waals surface area contributed by atoms with Crippen LogP contribution >= 0.6 is 11.6 Å². The molecule has 3 aromatic rings. The molecule has 1 fully saturated rings. The van der Waals surface area contributed by atoms with Crippen molar-refractivity contribution in [2.75, 3.05) is 13.1 Å². The van der Waals surface area contributed by atoms with Gasteiger partial charge in [-0.2, -0.15) is 0 Å². The van der Waals surface area contributed by atoms with Gasteiger partial charge in [0.15, 0.2) is 5.58 Å². The highest BCUT2D eigenvalue weighted by Crippen LogP contribution is 2.27. The number of carbonyl (C=O) groups is 1. The van der Waals surface area contributed by atoms with Gasteiger partial charge in [-0.25, -0.2) is 4.98 Å². The highest BCUT2D eigenvalue weighted by atomic mass is 35.5. The molecule has 1 aliphatic rings. The number of hydrogen-bond acceptors (Lipinski definition) is 3. The molecule has 0 spiro atoms. The summed E-state index contributed by atoms with van der Waals surface area (Å²) >= 11 is 6.02. The minimum Gasteiger partial charge on any atom is -0.436 e. The van der Waals surface area contributed by atoms with Gasteiger partial charge >= 0.3 is 0 Å². The quantitative estimate of drug-likeness (QED) is 0.657. The maximum Gasteiger partial charge on any atom is 0.227 e. The fourth-order valence-corrected chi connectivity index (χ4v) is 3.55. The fraction of sp³-hybridized carbons (Fsp3) is 0.333. The van der Waals surface area contributed by atoms with Gasteiger partial charge in [0.2, 0.25) is 11.8 Å². The van der Waals surface area contributed by atoms with Crippen LogP contribution in [0.1, 0.15) is 25.3 Å². The average Bonchev–Trinajstić information content (AvgIpc) is 3.05. The number of likely N-dealkylation sites (tertiary alicyclic amines) is 1. The molecule has 2 aromatic carbocycles. The van der Waals surface area contributed by atoms with Crippen molar-refractivity contribution in [2.24, 2.45) is 5.92 Å². The molecule has 0 aliphatic carbocycles. The summed E-state index contributed by atoms with van der Waals surface area (Å²) in [6.07, 6.45) is 2.60. The van der Waals surface area contributed by atoms with Crippen LogP contribution in [0.3, 0.4) is 0 Å². The Morgan fingerprint density at radius 2 is 2.04 bits per heavy atom. The van der Waals surface area contributed by atoms with Crippen molar-refractivity contribution in [3.05, 3.63) is 53.1 Å². The number of halogens is 1. The molecule has 1 amide bonds. The van der Waals surface area contributed by atoms with Crippen LogP contribution < -0.4 is 0 Å². The third-order valence-corrected chi connectivity index (χ3v) is 5.25. The number of carbonyl (C=O) groups excluding carboxylic acids is 1. The van der Waals surface area contributed by atoms with Gasteiger partial charge in [-0.3, -0.25) is 4.79 Å². The van der Waals surface area contributed by atoms with E-state index in [4.69, 9.17) is 16.0 Å². The summed E-state index contributed by atoms with van der Waals surface area (Å²) in [6, 6.07) is 13.2. The predicted molar refractivity (Wildman–Crippen MR) is 103 cm³/mol. The summed E-state index contributed by atoms with van der Waals surface area (Å²) in [4.78, 5) is 19.1. The van der Waals surface area contributed by atoms with E-state index in [9.17, 15) is 4.79 Å². The van der Waals surface area contributed by atoms with Crippen molar-refractivity contribution in [3.8, 4) is 11.5 Å². The number of fused-ring (bicyclic) bond motifs is 1. The molecule has 4 nitrogen and oxygen atoms in total. The molecular weight excluding hydrogens is 348 g/mol. The van der Waals surface area contributed by atoms with Crippen molar-refractivity contribution >= 4 is 28.6 Å². The molecule has 1 aromatic heterocycles. The van der Waals surface area contributed by atoms with Gasteiger partial charge in [0.1, 0.15) is 5.52 Å². The minimum atomic E-state index is 0.193. The lowest BCUT2D eigenvalue weighted by Crippen LogP contribution is -2.38. The van der Waals surface area contributed by atoms with Gasteiger partial charge in [-0.1, -0.05) is 30.7 Å². The Kier molecular flexibility index (Phi) is 4.68. The zero-order valence-corrected chi connectivity index (χ0v) is 15.5. The summed E-state index contributed by atoms with van der Waals surface area (Å²) in [5.74, 6) is 1.46. The average molecular weight is 369 g/mol. The van der Waals surface area contributed by atoms with Crippen molar-refractivity contribution in [2.45, 2.75) is 26.2 Å². The van der Waals surface area contributed by atoms with Crippen LogP contribution in [-0.4, -0.2) is 28.9 Å². The summed E-state index contributed by atoms with van der Waals surface area (Å²) in [6.45, 7) is 3.98. The summed E-state index contributed by atoms with van der Waals surface area (Å²) in [5.41, 5.74) is 3.28. The Morgan fingerprint density at radius 1 is 1.23 bits per heavy atom. The van der Waals surface area contributed by atoms with E-state index >= 15 is 0 Å². The Balaban J connectivity index is 1.53. The molecule has 2 heterocycles. The van der Waals surface area contributed by atoms with Gasteiger partial charge in [0, 0.05) is 23.7 Å². The second-order valence-electron chi connectivity index (χ2n) is 7.07. The number of hydrogen-bond donors (Lipinski definition) is 0. The second-order valence-corrected chi connectivity index (χ2v) is 7.51. The highest BCUT2D eigenvalue weighted by Gasteiger charge is 2.20. The molecule has 1 aliphatic heterocycles. The Hall–Kier alpha value is -2.33. The van der Waals surface area contributed by atoms with Crippen LogP contribution in [0.5, 0.6) is 0 Å². The van der Waals surface area contributed by atoms with Gasteiger partial charge < -0.3 is 9.32 Å². The Morgan fingerprint density at radius 3 is 2.85 bits per heavy atom. The lowest BCUT2D eigenvalue weighted by Gasteiger charge is -2.30. The topological polar surface area (TPSA) is 46.3 Å². The summed E-state index contributed by atoms with van der Waals surface area (Å²) in [7, 11) is 0. The van der Waals surface area contributed by atoms with Crippen LogP contribution in [0, 0.1) is 5.92 Å². The van der Waals surface area contributed by atoms with Crippen molar-refractivity contribution in [1.82, 2.24) is 9.88 Å². The number of amides is 1. The van der Waals surface area contributed by atoms with E-state index in [1.165, 1.54) is 0 Å². The zero-order chi connectivity index (χ0) is 18.1. The molecular formula is C21H21ClN2O2. The third kappa shape index (κ3) is 3.61. The fourth-order valence-electron chi connectivity index (χ4n) is 3.38. The van der Waals surface area contributed by atoms with Crippen LogP contribution in [0.4, 0.5) is 0 Å². The van der Waals surface area contributed by atoms with Crippen LogP contribution in [-0.2, 0) is 11.2 Å². The molecule has 1 saturated heterocycles. The van der Waals surface area contributed by atoms with Gasteiger partial charge in [0.25, 0.3) is 0 Å². The predicted octanol–water partition coefficient (Wildman–Crippen LogP) is 4.95. The van der Waals surface area contributed by atoms with Gasteiger partial charge in [-0.15, -0.1) is 0 Å². The van der Waals surface area contributed by atoms with Gasteiger partial charge in [0.05, 0.1) is 6.42 Å². The maximum absolute atomic E-state index is 12.6. The number of aromatic nitrogens is 1. The molecule has 0 bridgehead atoms. The molecule has 0 saturated carbocycles. The molecule has 0 radical (unpaired) electrons. The molecule has 4 rings (SSSR count). The third-order valence-electron chi connectivity index (χ3n) is 5.02. The van der Waals surface area contributed by atoms with E-state index in [-0.39, 0.29) is 5.91 Å². The monoisotopic (exact) mass is 368 g/mol. The lowest BCUT2D eigenvalue weighted by atomic mass is 9.98. The first-order valence-corrected chi connectivity index (χ1v) is 9.39. The van der Waals surface area contributed by atoms with E-state index in [2.05, 4.69) is 11.9 Å². The standard InChI is InChI=1S/C21H21ClN2O2/c1-14-7-9-24(10-8-14)20(25)12-15-3-2-4-16(11-15)21-23-18-13-17(22)5-6-19(18)26-21/h2-6,11,13-14H,7-10,12H2,1H3. The summed E-state index contributed by atoms with van der Waals surface area (Å²) in [5, 5.41) is 0.632. The Bertz CT molecular complexity index is 942. The number of piperidine rings is 1. The van der Waals surface area contributed by atoms with Crippen molar-refractivity contribution in [3.63, 3.8) is 0 Å². The number of nitrogens with zero attached hydrogens (tertiary/aromatic N) is 2. The normalized spacial score (nSPS) is 15.5. The van der Waals surface area contributed by atoms with E-state index in [1.54, 1.807) is 12.1 Å². The first-order chi connectivity index (χ1) is 12.6. The highest BCUT2D eigenvalue weighted by molar-refractivity contribution is 6.31. The summed E-state index contributed by atoms with van der Waals surface area (Å²) < 4.78 is 5.83.